The molecular formula is C43H68O4. The second-order valence-electron chi connectivity index (χ2n) is 13.1. The Bertz CT molecular complexity index is 1160. The first-order valence-electron chi connectivity index (χ1n) is 19.1. The summed E-state index contributed by atoms with van der Waals surface area (Å²) >= 11 is 0. The summed E-state index contributed by atoms with van der Waals surface area (Å²) in [5, 5.41) is 0. The van der Waals surface area contributed by atoms with Crippen molar-refractivity contribution in [2.75, 3.05) is 26.9 Å². The van der Waals surface area contributed by atoms with Crippen molar-refractivity contribution in [2.24, 2.45) is 5.92 Å². The lowest BCUT2D eigenvalue weighted by atomic mass is 10.0. The lowest BCUT2D eigenvalue weighted by Gasteiger charge is -2.18. The van der Waals surface area contributed by atoms with Crippen molar-refractivity contribution in [1.82, 2.24) is 0 Å². The van der Waals surface area contributed by atoms with Crippen LogP contribution in [0.2, 0.25) is 0 Å². The highest BCUT2D eigenvalue weighted by atomic mass is 16.5. The number of hydrogen-bond acceptors (Lipinski definition) is 4. The number of hydrogen-bond donors (Lipinski definition) is 0. The number of ether oxygens (including phenoxy) is 4. The van der Waals surface area contributed by atoms with Crippen LogP contribution in [0.5, 0.6) is 23.0 Å². The maximum Gasteiger partial charge on any atom is 0.127 e. The van der Waals surface area contributed by atoms with E-state index in [1.807, 2.05) is 0 Å². The van der Waals surface area contributed by atoms with Crippen LogP contribution in [0.15, 0.2) is 30.3 Å². The van der Waals surface area contributed by atoms with Gasteiger partial charge < -0.3 is 18.9 Å². The Balaban J connectivity index is 2.37. The summed E-state index contributed by atoms with van der Waals surface area (Å²) in [4.78, 5) is 0. The van der Waals surface area contributed by atoms with E-state index in [2.05, 4.69) is 90.1 Å². The van der Waals surface area contributed by atoms with Gasteiger partial charge in [0.05, 0.1) is 26.9 Å². The summed E-state index contributed by atoms with van der Waals surface area (Å²) in [7, 11) is 1.73. The lowest BCUT2D eigenvalue weighted by Crippen LogP contribution is -2.12. The molecule has 2 aromatic carbocycles. The standard InChI is InChI=1S/C43H68O4/c1-8-13-16-18-20-22-28-45-42-33-39(43(32-37(42)24-11-4)46-29-23-21-19-17-14-9-2)27-26-38-31-40(44-7)35(6)30-41(38)47-34-36(12-5)25-15-10-3/h11,24,26-27,30-33,36H,8-10,12-23,25,28-29,34H2,1-7H3. The van der Waals surface area contributed by atoms with Gasteiger partial charge in [-0.2, -0.15) is 0 Å². The van der Waals surface area contributed by atoms with E-state index in [0.29, 0.717) is 12.5 Å². The van der Waals surface area contributed by atoms with Gasteiger partial charge in [0.25, 0.3) is 0 Å². The van der Waals surface area contributed by atoms with E-state index < -0.39 is 0 Å². The summed E-state index contributed by atoms with van der Waals surface area (Å²) in [6.45, 7) is 15.3. The van der Waals surface area contributed by atoms with E-state index in [1.54, 1.807) is 7.11 Å². The highest BCUT2D eigenvalue weighted by molar-refractivity contribution is 5.78. The Morgan fingerprint density at radius 3 is 1.51 bits per heavy atom. The number of benzene rings is 2. The molecule has 0 spiro atoms. The zero-order chi connectivity index (χ0) is 34.1. The third-order valence-corrected chi connectivity index (χ3v) is 8.99. The number of allylic oxidation sites excluding steroid dienone is 1. The van der Waals surface area contributed by atoms with E-state index >= 15 is 0 Å². The molecule has 0 saturated heterocycles. The molecule has 1 unspecified atom stereocenters. The van der Waals surface area contributed by atoms with Gasteiger partial charge in [0, 0.05) is 16.7 Å². The summed E-state index contributed by atoms with van der Waals surface area (Å²) < 4.78 is 25.1. The highest BCUT2D eigenvalue weighted by Gasteiger charge is 2.14. The Kier molecular flexibility index (Phi) is 21.6. The SMILES string of the molecule is CC=Cc1cc(OCCCCCCCC)c(C=Cc2cc(OC)c(C)cc2OCC(CC)CCCC)cc1OCCCCCCCC. The van der Waals surface area contributed by atoms with E-state index in [0.717, 1.165) is 77.7 Å². The molecule has 1 atom stereocenters. The van der Waals surface area contributed by atoms with Crippen molar-refractivity contribution >= 4 is 18.2 Å². The van der Waals surface area contributed by atoms with Gasteiger partial charge >= 0.3 is 0 Å². The van der Waals surface area contributed by atoms with Crippen molar-refractivity contribution in [1.29, 1.82) is 0 Å². The molecule has 0 bridgehead atoms. The number of aryl methyl sites for hydroxylation is 1. The van der Waals surface area contributed by atoms with Gasteiger partial charge in [0.1, 0.15) is 23.0 Å². The third kappa shape index (κ3) is 15.7. The molecule has 264 valence electrons. The zero-order valence-electron chi connectivity index (χ0n) is 31.3. The Labute approximate surface area is 289 Å². The molecule has 0 aliphatic carbocycles. The summed E-state index contributed by atoms with van der Waals surface area (Å²) in [6.07, 6.45) is 28.2. The van der Waals surface area contributed by atoms with Crippen LogP contribution in [-0.2, 0) is 0 Å². The first kappa shape index (κ1) is 40.3. The molecule has 0 aliphatic rings. The molecule has 0 N–H and O–H groups in total. The van der Waals surface area contributed by atoms with Gasteiger partial charge in [-0.15, -0.1) is 0 Å². The van der Waals surface area contributed by atoms with Crippen molar-refractivity contribution < 1.29 is 18.9 Å². The smallest absolute Gasteiger partial charge is 0.127 e. The molecule has 0 heterocycles. The fourth-order valence-corrected chi connectivity index (χ4v) is 5.85. The summed E-state index contributed by atoms with van der Waals surface area (Å²) in [6, 6.07) is 8.52. The van der Waals surface area contributed by atoms with Crippen molar-refractivity contribution in [2.45, 2.75) is 144 Å². The second-order valence-corrected chi connectivity index (χ2v) is 13.1. The topological polar surface area (TPSA) is 36.9 Å². The molecule has 2 aromatic rings. The predicted molar refractivity (Wildman–Crippen MR) is 204 cm³/mol. The number of methoxy groups -OCH3 is 1. The first-order valence-corrected chi connectivity index (χ1v) is 19.1. The van der Waals surface area contributed by atoms with E-state index in [1.165, 1.54) is 83.5 Å². The van der Waals surface area contributed by atoms with E-state index in [4.69, 9.17) is 18.9 Å². The minimum atomic E-state index is 0.557. The van der Waals surface area contributed by atoms with Crippen LogP contribution >= 0.6 is 0 Å². The summed E-state index contributed by atoms with van der Waals surface area (Å²) in [5.41, 5.74) is 4.16. The molecule has 0 radical (unpaired) electrons. The van der Waals surface area contributed by atoms with Gasteiger partial charge in [-0.1, -0.05) is 135 Å². The number of unbranched alkanes of at least 4 members (excludes halogenated alkanes) is 11. The fourth-order valence-electron chi connectivity index (χ4n) is 5.85. The Morgan fingerprint density at radius 1 is 0.553 bits per heavy atom. The molecule has 0 amide bonds. The van der Waals surface area contributed by atoms with Crippen LogP contribution in [0.25, 0.3) is 18.2 Å². The highest BCUT2D eigenvalue weighted by Crippen LogP contribution is 2.35. The Hall–Kier alpha value is -2.88. The van der Waals surface area contributed by atoms with E-state index in [-0.39, 0.29) is 0 Å². The minimum absolute atomic E-state index is 0.557. The monoisotopic (exact) mass is 649 g/mol. The molecule has 0 fully saturated rings. The largest absolute Gasteiger partial charge is 0.496 e. The fraction of sp³-hybridized carbons (Fsp3) is 0.628. The van der Waals surface area contributed by atoms with Gasteiger partial charge in [0.15, 0.2) is 0 Å². The quantitative estimate of drug-likeness (QED) is 0.0713. The summed E-state index contributed by atoms with van der Waals surface area (Å²) in [5.74, 6) is 4.11. The molecule has 4 nitrogen and oxygen atoms in total. The lowest BCUT2D eigenvalue weighted by molar-refractivity contribution is 0.232. The molecule has 4 heteroatoms. The average Bonchev–Trinajstić information content (AvgIpc) is 3.08. The number of rotatable bonds is 27. The molecule has 47 heavy (non-hydrogen) atoms. The van der Waals surface area contributed by atoms with Crippen molar-refractivity contribution in [3.63, 3.8) is 0 Å². The van der Waals surface area contributed by atoms with E-state index in [9.17, 15) is 0 Å². The van der Waals surface area contributed by atoms with Gasteiger partial charge in [-0.05, 0) is 68.9 Å². The van der Waals surface area contributed by atoms with Crippen LogP contribution in [0, 0.1) is 12.8 Å². The van der Waals surface area contributed by atoms with Crippen LogP contribution in [0.1, 0.15) is 160 Å². The van der Waals surface area contributed by atoms with Crippen LogP contribution < -0.4 is 18.9 Å². The van der Waals surface area contributed by atoms with Crippen molar-refractivity contribution in [3.8, 4) is 23.0 Å². The van der Waals surface area contributed by atoms with Gasteiger partial charge in [0.2, 0.25) is 0 Å². The molecule has 0 aromatic heterocycles. The predicted octanol–water partition coefficient (Wildman–Crippen LogP) is 13.3. The first-order chi connectivity index (χ1) is 23.0. The van der Waals surface area contributed by atoms with Crippen LogP contribution in [0.4, 0.5) is 0 Å². The molecule has 2 rings (SSSR count). The normalized spacial score (nSPS) is 12.2. The second kappa shape index (κ2) is 25.2. The molecule has 0 saturated carbocycles. The Morgan fingerprint density at radius 2 is 1.02 bits per heavy atom. The minimum Gasteiger partial charge on any atom is -0.496 e. The average molecular weight is 649 g/mol. The van der Waals surface area contributed by atoms with Crippen molar-refractivity contribution in [3.05, 3.63) is 52.6 Å². The zero-order valence-corrected chi connectivity index (χ0v) is 31.3. The third-order valence-electron chi connectivity index (χ3n) is 8.99. The molecule has 0 aliphatic heterocycles. The van der Waals surface area contributed by atoms with Gasteiger partial charge in [-0.3, -0.25) is 0 Å². The van der Waals surface area contributed by atoms with Crippen LogP contribution in [-0.4, -0.2) is 26.9 Å². The maximum absolute atomic E-state index is 6.51. The van der Waals surface area contributed by atoms with Gasteiger partial charge in [-0.25, -0.2) is 0 Å². The van der Waals surface area contributed by atoms with Crippen LogP contribution in [0.3, 0.4) is 0 Å². The molecular weight excluding hydrogens is 580 g/mol. The maximum atomic E-state index is 6.51.